The highest BCUT2D eigenvalue weighted by molar-refractivity contribution is 8.00. The monoisotopic (exact) mass is 512 g/mol. The Labute approximate surface area is 218 Å². The number of fused-ring (bicyclic) bond motifs is 1. The lowest BCUT2D eigenvalue weighted by Crippen LogP contribution is -2.65. The maximum absolute atomic E-state index is 13.2. The number of cyclic esters (lactones) is 1. The third kappa shape index (κ3) is 3.39. The van der Waals surface area contributed by atoms with Gasteiger partial charge in [0.25, 0.3) is 0 Å². The van der Waals surface area contributed by atoms with Crippen LogP contribution >= 0.6 is 11.8 Å². The number of carbonyl (C=O) groups excluding carboxylic acids is 1. The first-order valence-electron chi connectivity index (χ1n) is 13.6. The van der Waals surface area contributed by atoms with E-state index in [0.29, 0.717) is 33.8 Å². The quantitative estimate of drug-likeness (QED) is 0.286. The number of benzene rings is 1. The van der Waals surface area contributed by atoms with Gasteiger partial charge in [0.05, 0.1) is 24.9 Å². The van der Waals surface area contributed by atoms with Crippen molar-refractivity contribution >= 4 is 24.8 Å². The Balaban J connectivity index is 1.15. The van der Waals surface area contributed by atoms with E-state index in [4.69, 9.17) is 23.5 Å². The Bertz CT molecular complexity index is 1120. The fourth-order valence-electron chi connectivity index (χ4n) is 7.59. The SMILES string of the molecule is C[C@@H](Sc1ccc([C@H]2C[C@H]2B2O[C@H]3C[C@H]4C[C@H](C4(C)C)[C@]3(C)O2)c2c1C(=O)OC(C)(C)O2)C1COC1. The number of esters is 1. The first-order valence-corrected chi connectivity index (χ1v) is 14.5. The highest BCUT2D eigenvalue weighted by atomic mass is 32.2. The molecule has 6 nitrogen and oxygen atoms in total. The van der Waals surface area contributed by atoms with Gasteiger partial charge in [-0.25, -0.2) is 4.79 Å². The molecule has 8 heteroatoms. The summed E-state index contributed by atoms with van der Waals surface area (Å²) < 4.78 is 30.8. The minimum atomic E-state index is -0.991. The van der Waals surface area contributed by atoms with Crippen molar-refractivity contribution in [1.29, 1.82) is 0 Å². The van der Waals surface area contributed by atoms with Crippen molar-refractivity contribution in [2.75, 3.05) is 13.2 Å². The summed E-state index contributed by atoms with van der Waals surface area (Å²) in [5.74, 6) is 1.75. The molecule has 0 N–H and O–H groups in total. The van der Waals surface area contributed by atoms with Crippen LogP contribution in [0.25, 0.3) is 0 Å². The predicted octanol–water partition coefficient (Wildman–Crippen LogP) is 5.68. The van der Waals surface area contributed by atoms with E-state index in [9.17, 15) is 4.79 Å². The van der Waals surface area contributed by atoms with Gasteiger partial charge in [-0.2, -0.15) is 0 Å². The fraction of sp³-hybridized carbons (Fsp3) is 0.750. The van der Waals surface area contributed by atoms with Crippen molar-refractivity contribution in [2.45, 2.75) is 100 Å². The van der Waals surface area contributed by atoms with Crippen molar-refractivity contribution in [2.24, 2.45) is 23.2 Å². The Morgan fingerprint density at radius 1 is 1.06 bits per heavy atom. The van der Waals surface area contributed by atoms with Gasteiger partial charge in [0.1, 0.15) is 11.3 Å². The number of carbonyl (C=O) groups is 1. The Morgan fingerprint density at radius 3 is 2.53 bits per heavy atom. The summed E-state index contributed by atoms with van der Waals surface area (Å²) in [6, 6.07) is 4.25. The third-order valence-corrected chi connectivity index (χ3v) is 11.6. The molecule has 0 unspecified atom stereocenters. The molecule has 0 spiro atoms. The lowest BCUT2D eigenvalue weighted by atomic mass is 9.43. The molecule has 0 aromatic heterocycles. The van der Waals surface area contributed by atoms with Crippen LogP contribution in [0.1, 0.15) is 82.6 Å². The van der Waals surface area contributed by atoms with Crippen LogP contribution in [-0.4, -0.2) is 49.0 Å². The second-order valence-electron chi connectivity index (χ2n) is 13.2. The summed E-state index contributed by atoms with van der Waals surface area (Å²) in [4.78, 5) is 14.1. The summed E-state index contributed by atoms with van der Waals surface area (Å²) in [5, 5.41) is 0.352. The first kappa shape index (κ1) is 23.9. The summed E-state index contributed by atoms with van der Waals surface area (Å²) in [6.07, 6.45) is 3.53. The minimum absolute atomic E-state index is 0.188. The molecule has 6 fully saturated rings. The van der Waals surface area contributed by atoms with Crippen LogP contribution in [0.15, 0.2) is 17.0 Å². The number of ether oxygens (including phenoxy) is 3. The van der Waals surface area contributed by atoms with Gasteiger partial charge in [-0.15, -0.1) is 11.8 Å². The number of hydrogen-bond donors (Lipinski definition) is 0. The predicted molar refractivity (Wildman–Crippen MR) is 137 cm³/mol. The molecule has 36 heavy (non-hydrogen) atoms. The zero-order valence-corrected chi connectivity index (χ0v) is 23.0. The van der Waals surface area contributed by atoms with E-state index < -0.39 is 5.79 Å². The second-order valence-corrected chi connectivity index (χ2v) is 14.6. The molecular weight excluding hydrogens is 475 g/mol. The molecule has 0 amide bonds. The van der Waals surface area contributed by atoms with Crippen molar-refractivity contribution in [3.8, 4) is 5.75 Å². The Hall–Kier alpha value is -1.22. The van der Waals surface area contributed by atoms with E-state index in [1.165, 1.54) is 6.42 Å². The van der Waals surface area contributed by atoms with Crippen molar-refractivity contribution in [3.63, 3.8) is 0 Å². The number of rotatable bonds is 5. The molecular formula is C28H37BO6S. The van der Waals surface area contributed by atoms with Gasteiger partial charge in [0, 0.05) is 35.7 Å². The van der Waals surface area contributed by atoms with Crippen molar-refractivity contribution in [1.82, 2.24) is 0 Å². The molecule has 0 radical (unpaired) electrons. The van der Waals surface area contributed by atoms with E-state index in [1.54, 1.807) is 25.6 Å². The molecule has 7 aliphatic rings. The van der Waals surface area contributed by atoms with E-state index in [1.807, 2.05) is 0 Å². The molecule has 2 saturated heterocycles. The van der Waals surface area contributed by atoms with E-state index in [2.05, 4.69) is 39.8 Å². The van der Waals surface area contributed by atoms with Gasteiger partial charge < -0.3 is 23.5 Å². The van der Waals surface area contributed by atoms with Crippen LogP contribution in [0.5, 0.6) is 5.75 Å². The fourth-order valence-corrected chi connectivity index (χ4v) is 8.78. The van der Waals surface area contributed by atoms with Gasteiger partial charge in [-0.3, -0.25) is 0 Å². The smallest absolute Gasteiger partial charge is 0.452 e. The molecule has 4 aliphatic carbocycles. The van der Waals surface area contributed by atoms with Crippen LogP contribution in [0, 0.1) is 23.2 Å². The number of hydrogen-bond acceptors (Lipinski definition) is 7. The maximum atomic E-state index is 13.2. The van der Waals surface area contributed by atoms with Crippen LogP contribution in [0.3, 0.4) is 0 Å². The molecule has 4 saturated carbocycles. The molecule has 1 aromatic rings. The minimum Gasteiger partial charge on any atom is -0.452 e. The van der Waals surface area contributed by atoms with Crippen molar-refractivity contribution in [3.05, 3.63) is 23.3 Å². The summed E-state index contributed by atoms with van der Waals surface area (Å²) in [7, 11) is -0.188. The van der Waals surface area contributed by atoms with E-state index >= 15 is 0 Å². The second kappa shape index (κ2) is 7.68. The summed E-state index contributed by atoms with van der Waals surface area (Å²) >= 11 is 1.72. The van der Waals surface area contributed by atoms with Crippen LogP contribution in [-0.2, 0) is 18.8 Å². The van der Waals surface area contributed by atoms with Gasteiger partial charge >= 0.3 is 13.1 Å². The van der Waals surface area contributed by atoms with Gasteiger partial charge in [-0.05, 0) is 61.0 Å². The molecule has 3 aliphatic heterocycles. The molecule has 2 bridgehead atoms. The maximum Gasteiger partial charge on any atom is 0.461 e. The van der Waals surface area contributed by atoms with Gasteiger partial charge in [0.2, 0.25) is 5.79 Å². The zero-order chi connectivity index (χ0) is 25.2. The van der Waals surface area contributed by atoms with Crippen LogP contribution in [0.4, 0.5) is 0 Å². The Morgan fingerprint density at radius 2 is 1.83 bits per heavy atom. The van der Waals surface area contributed by atoms with Crippen LogP contribution in [0.2, 0.25) is 5.82 Å². The molecule has 194 valence electrons. The average Bonchev–Trinajstić information content (AvgIpc) is 3.44. The van der Waals surface area contributed by atoms with Crippen LogP contribution < -0.4 is 4.74 Å². The molecule has 3 heterocycles. The largest absolute Gasteiger partial charge is 0.461 e. The first-order chi connectivity index (χ1) is 17.0. The molecule has 8 rings (SSSR count). The summed E-state index contributed by atoms with van der Waals surface area (Å²) in [6.45, 7) is 14.4. The third-order valence-electron chi connectivity index (χ3n) is 10.2. The normalized spacial score (nSPS) is 40.2. The van der Waals surface area contributed by atoms with Crippen molar-refractivity contribution < 1.29 is 28.3 Å². The van der Waals surface area contributed by atoms with Gasteiger partial charge in [0.15, 0.2) is 0 Å². The average molecular weight is 512 g/mol. The highest BCUT2D eigenvalue weighted by Crippen LogP contribution is 2.68. The number of thioether (sulfide) groups is 1. The van der Waals surface area contributed by atoms with E-state index in [0.717, 1.165) is 42.4 Å². The van der Waals surface area contributed by atoms with Gasteiger partial charge in [-0.1, -0.05) is 26.8 Å². The lowest BCUT2D eigenvalue weighted by Gasteiger charge is -2.64. The lowest BCUT2D eigenvalue weighted by molar-refractivity contribution is -0.199. The topological polar surface area (TPSA) is 63.2 Å². The standard InChI is InChI=1S/C28H37BO6S/c1-14(15-12-31-13-15)36-20-8-7-17(24-23(20)25(30)33-27(4,5)32-24)18-11-19(18)29-34-22-10-16-9-21(26(16,2)3)28(22,6)35-29/h7-8,14-16,18-19,21-22H,9-13H2,1-6H3/t14-,16-,18-,19-,21-,22+,28+/m1/s1. The molecule has 7 atom stereocenters. The highest BCUT2D eigenvalue weighted by Gasteiger charge is 2.70. The Kier molecular flexibility index (Phi) is 5.09. The van der Waals surface area contributed by atoms with E-state index in [-0.39, 0.29) is 36.5 Å². The summed E-state index contributed by atoms with van der Waals surface area (Å²) in [5.41, 5.74) is 1.80. The molecule has 1 aromatic carbocycles. The zero-order valence-electron chi connectivity index (χ0n) is 22.2.